The van der Waals surface area contributed by atoms with Gasteiger partial charge in [-0.2, -0.15) is 0 Å². The molecule has 1 N–H and O–H groups in total. The third kappa shape index (κ3) is 3.64. The molecule has 4 nitrogen and oxygen atoms in total. The van der Waals surface area contributed by atoms with Crippen LogP contribution in [0.5, 0.6) is 5.75 Å². The lowest BCUT2D eigenvalue weighted by Gasteiger charge is -2.23. The minimum atomic E-state index is -0.164. The number of aromatic nitrogens is 2. The minimum absolute atomic E-state index is 0.164. The molecule has 0 bridgehead atoms. The van der Waals surface area contributed by atoms with Gasteiger partial charge in [0.05, 0.1) is 11.9 Å². The number of ether oxygens (including phenoxy) is 1. The van der Waals surface area contributed by atoms with E-state index >= 15 is 0 Å². The number of halogens is 2. The van der Waals surface area contributed by atoms with E-state index in [0.29, 0.717) is 21.7 Å². The minimum Gasteiger partial charge on any atom is -0.484 e. The first-order chi connectivity index (χ1) is 10.2. The van der Waals surface area contributed by atoms with E-state index in [1.165, 1.54) is 0 Å². The van der Waals surface area contributed by atoms with E-state index in [4.69, 9.17) is 27.9 Å². The molecule has 0 amide bonds. The van der Waals surface area contributed by atoms with Gasteiger partial charge in [-0.1, -0.05) is 23.2 Å². The zero-order valence-electron chi connectivity index (χ0n) is 11.3. The van der Waals surface area contributed by atoms with Crippen LogP contribution in [0.1, 0.15) is 18.2 Å². The van der Waals surface area contributed by atoms with E-state index in [2.05, 4.69) is 15.3 Å². The van der Waals surface area contributed by atoms with Gasteiger partial charge >= 0.3 is 0 Å². The van der Waals surface area contributed by atoms with E-state index in [1.54, 1.807) is 36.8 Å². The van der Waals surface area contributed by atoms with Crippen molar-refractivity contribution in [1.29, 1.82) is 0 Å². The zero-order valence-corrected chi connectivity index (χ0v) is 12.8. The van der Waals surface area contributed by atoms with Crippen LogP contribution in [-0.2, 0) is 0 Å². The fraction of sp³-hybridized carbons (Fsp3) is 0.333. The molecule has 6 heteroatoms. The molecule has 21 heavy (non-hydrogen) atoms. The molecule has 1 aromatic carbocycles. The van der Waals surface area contributed by atoms with Gasteiger partial charge in [0.25, 0.3) is 0 Å². The van der Waals surface area contributed by atoms with Crippen molar-refractivity contribution in [3.05, 3.63) is 52.5 Å². The Morgan fingerprint density at radius 1 is 1.19 bits per heavy atom. The predicted molar refractivity (Wildman–Crippen MR) is 82.8 cm³/mol. The van der Waals surface area contributed by atoms with Crippen LogP contribution in [0.25, 0.3) is 0 Å². The zero-order chi connectivity index (χ0) is 14.7. The molecule has 2 heterocycles. The molecule has 1 fully saturated rings. The Hall–Kier alpha value is -1.36. The quantitative estimate of drug-likeness (QED) is 0.935. The Labute approximate surface area is 133 Å². The number of rotatable bonds is 4. The summed E-state index contributed by atoms with van der Waals surface area (Å²) in [5.41, 5.74) is 0.822. The van der Waals surface area contributed by atoms with Crippen LogP contribution >= 0.6 is 23.2 Å². The number of nitrogens with zero attached hydrogens (tertiary/aromatic N) is 2. The second kappa shape index (κ2) is 6.60. The summed E-state index contributed by atoms with van der Waals surface area (Å²) >= 11 is 12.1. The van der Waals surface area contributed by atoms with Crippen molar-refractivity contribution in [3.8, 4) is 5.75 Å². The smallest absolute Gasteiger partial charge is 0.146 e. The summed E-state index contributed by atoms with van der Waals surface area (Å²) in [5, 5.41) is 4.46. The Morgan fingerprint density at radius 3 is 2.62 bits per heavy atom. The molecule has 2 aromatic rings. The lowest BCUT2D eigenvalue weighted by molar-refractivity contribution is 0.139. The standard InChI is InChI=1S/C15H15Cl2N3O/c16-11-5-12(17)7-13(6-11)21-15(10-1-2-18-8-10)14-9-19-3-4-20-14/h3-7,9-10,15,18H,1-2,8H2/t10-,15+/m1/s1. The number of hydrogen-bond acceptors (Lipinski definition) is 4. The molecule has 1 saturated heterocycles. The molecule has 0 saturated carbocycles. The number of hydrogen-bond donors (Lipinski definition) is 1. The highest BCUT2D eigenvalue weighted by Gasteiger charge is 2.29. The summed E-state index contributed by atoms with van der Waals surface area (Å²) in [4.78, 5) is 8.52. The molecule has 1 aliphatic rings. The van der Waals surface area contributed by atoms with Gasteiger partial charge in [0.1, 0.15) is 11.9 Å². The van der Waals surface area contributed by atoms with Crippen molar-refractivity contribution in [3.63, 3.8) is 0 Å². The van der Waals surface area contributed by atoms with Crippen LogP contribution < -0.4 is 10.1 Å². The van der Waals surface area contributed by atoms with Gasteiger partial charge in [-0.15, -0.1) is 0 Å². The average molecular weight is 324 g/mol. The van der Waals surface area contributed by atoms with E-state index in [-0.39, 0.29) is 6.10 Å². The van der Waals surface area contributed by atoms with E-state index in [9.17, 15) is 0 Å². The van der Waals surface area contributed by atoms with Gasteiger partial charge in [-0.05, 0) is 31.2 Å². The van der Waals surface area contributed by atoms with Crippen LogP contribution in [0.15, 0.2) is 36.8 Å². The van der Waals surface area contributed by atoms with Crippen molar-refractivity contribution in [2.24, 2.45) is 5.92 Å². The molecular weight excluding hydrogens is 309 g/mol. The van der Waals surface area contributed by atoms with Gasteiger partial charge < -0.3 is 10.1 Å². The number of benzene rings is 1. The van der Waals surface area contributed by atoms with Crippen LogP contribution in [0.4, 0.5) is 0 Å². The summed E-state index contributed by atoms with van der Waals surface area (Å²) in [6, 6.07) is 5.21. The van der Waals surface area contributed by atoms with Crippen LogP contribution in [-0.4, -0.2) is 23.1 Å². The van der Waals surface area contributed by atoms with Gasteiger partial charge in [-0.25, -0.2) is 0 Å². The van der Waals surface area contributed by atoms with Crippen molar-refractivity contribution < 1.29 is 4.74 Å². The molecule has 1 aliphatic heterocycles. The normalized spacial score (nSPS) is 19.4. The van der Waals surface area contributed by atoms with Crippen molar-refractivity contribution >= 4 is 23.2 Å². The molecule has 0 unspecified atom stereocenters. The van der Waals surface area contributed by atoms with Crippen LogP contribution in [0.2, 0.25) is 10.0 Å². The highest BCUT2D eigenvalue weighted by Crippen LogP contribution is 2.33. The average Bonchev–Trinajstić information content (AvgIpc) is 2.98. The molecule has 110 valence electrons. The second-order valence-electron chi connectivity index (χ2n) is 5.03. The van der Waals surface area contributed by atoms with Gasteiger partial charge in [0.15, 0.2) is 0 Å². The van der Waals surface area contributed by atoms with Crippen LogP contribution in [0.3, 0.4) is 0 Å². The maximum absolute atomic E-state index is 6.13. The van der Waals surface area contributed by atoms with Gasteiger partial charge in [0.2, 0.25) is 0 Å². The Balaban J connectivity index is 1.88. The second-order valence-corrected chi connectivity index (χ2v) is 5.90. The lowest BCUT2D eigenvalue weighted by Crippen LogP contribution is -2.22. The first-order valence-electron chi connectivity index (χ1n) is 6.82. The first-order valence-corrected chi connectivity index (χ1v) is 7.57. The van der Waals surface area contributed by atoms with Crippen molar-refractivity contribution in [2.75, 3.05) is 13.1 Å². The maximum atomic E-state index is 6.13. The highest BCUT2D eigenvalue weighted by atomic mass is 35.5. The Morgan fingerprint density at radius 2 is 2.00 bits per heavy atom. The van der Waals surface area contributed by atoms with Crippen LogP contribution in [0, 0.1) is 5.92 Å². The topological polar surface area (TPSA) is 47.0 Å². The summed E-state index contributed by atoms with van der Waals surface area (Å²) in [5.74, 6) is 0.995. The molecule has 0 radical (unpaired) electrons. The van der Waals surface area contributed by atoms with Crippen molar-refractivity contribution in [1.82, 2.24) is 15.3 Å². The lowest BCUT2D eigenvalue weighted by atomic mass is 9.99. The molecular formula is C15H15Cl2N3O. The molecule has 0 spiro atoms. The number of nitrogens with one attached hydrogen (secondary N) is 1. The van der Waals surface area contributed by atoms with E-state index in [1.807, 2.05) is 0 Å². The fourth-order valence-electron chi connectivity index (χ4n) is 2.53. The van der Waals surface area contributed by atoms with Crippen molar-refractivity contribution in [2.45, 2.75) is 12.5 Å². The Bertz CT molecular complexity index is 583. The third-order valence-electron chi connectivity index (χ3n) is 3.50. The van der Waals surface area contributed by atoms with Gasteiger partial charge in [-0.3, -0.25) is 9.97 Å². The fourth-order valence-corrected chi connectivity index (χ4v) is 3.04. The summed E-state index contributed by atoms with van der Waals surface area (Å²) < 4.78 is 6.13. The third-order valence-corrected chi connectivity index (χ3v) is 3.94. The predicted octanol–water partition coefficient (Wildman–Crippen LogP) is 3.51. The largest absolute Gasteiger partial charge is 0.484 e. The van der Waals surface area contributed by atoms with Gasteiger partial charge in [0, 0.05) is 34.9 Å². The van der Waals surface area contributed by atoms with E-state index in [0.717, 1.165) is 25.2 Å². The molecule has 0 aliphatic carbocycles. The summed E-state index contributed by atoms with van der Waals surface area (Å²) in [6.07, 6.45) is 5.95. The molecule has 3 rings (SSSR count). The van der Waals surface area contributed by atoms with E-state index < -0.39 is 0 Å². The SMILES string of the molecule is Clc1cc(Cl)cc(O[C@H](c2cnccn2)[C@@H]2CCNC2)c1. The molecule has 1 aromatic heterocycles. The summed E-state index contributed by atoms with van der Waals surface area (Å²) in [6.45, 7) is 1.89. The first kappa shape index (κ1) is 14.6. The molecule has 2 atom stereocenters. The highest BCUT2D eigenvalue weighted by molar-refractivity contribution is 6.34. The maximum Gasteiger partial charge on any atom is 0.146 e. The monoisotopic (exact) mass is 323 g/mol. The Kier molecular flexibility index (Phi) is 4.58. The summed E-state index contributed by atoms with van der Waals surface area (Å²) in [7, 11) is 0.